The standard InChI is InChI=1S/C26H22F2NO.C13H24O2.Ir/c1-15-10-16(2)12-21(11-15)23-25-22(7-9-29-23)17(3)24(30-25)19-4-5-20-14-26(27,28)8-6-18(20)13-19;1-5-10(6-2)12(14)9-13(15)11(7-3)8-4;/h4-5,7,9-11,13H,6,8,14H2,1-3H3;9-11,14H,5-8H2,1-4H3;/q-1;;/b;12-9-;. The van der Waals surface area contributed by atoms with Crippen LogP contribution in [0.4, 0.5) is 8.78 Å². The molecule has 7 heteroatoms. The van der Waals surface area contributed by atoms with Gasteiger partial charge in [0.05, 0.1) is 5.76 Å². The number of aliphatic hydroxyl groups is 1. The maximum absolute atomic E-state index is 13.7. The fraction of sp³-hybridized carbons (Fsp3) is 0.436. The van der Waals surface area contributed by atoms with E-state index in [9.17, 15) is 18.7 Å². The molecule has 0 aliphatic heterocycles. The Morgan fingerprint density at radius 2 is 1.67 bits per heavy atom. The topological polar surface area (TPSA) is 63.3 Å². The van der Waals surface area contributed by atoms with Crippen LogP contribution in [0.3, 0.4) is 0 Å². The van der Waals surface area contributed by atoms with E-state index < -0.39 is 5.92 Å². The molecule has 0 bridgehead atoms. The Kier molecular flexibility index (Phi) is 13.1. The van der Waals surface area contributed by atoms with Gasteiger partial charge in [0.15, 0.2) is 5.78 Å². The third-order valence-corrected chi connectivity index (χ3v) is 9.02. The molecular weight excluding hydrogens is 761 g/mol. The minimum Gasteiger partial charge on any atom is -0.512 e. The summed E-state index contributed by atoms with van der Waals surface area (Å²) in [6.07, 6.45) is 6.81. The zero-order valence-corrected chi connectivity index (χ0v) is 30.4. The van der Waals surface area contributed by atoms with Gasteiger partial charge in [0.1, 0.15) is 11.3 Å². The van der Waals surface area contributed by atoms with Crippen molar-refractivity contribution in [3.8, 4) is 22.6 Å². The zero-order valence-electron chi connectivity index (χ0n) is 28.0. The second kappa shape index (κ2) is 16.1. The number of rotatable bonds is 9. The molecule has 0 unspecified atom stereocenters. The summed E-state index contributed by atoms with van der Waals surface area (Å²) >= 11 is 0. The second-order valence-electron chi connectivity index (χ2n) is 12.4. The molecule has 1 aliphatic carbocycles. The number of fused-ring (bicyclic) bond motifs is 2. The van der Waals surface area contributed by atoms with Crippen LogP contribution in [-0.2, 0) is 37.7 Å². The van der Waals surface area contributed by atoms with Gasteiger partial charge in [-0.1, -0.05) is 53.7 Å². The molecule has 0 saturated heterocycles. The van der Waals surface area contributed by atoms with E-state index in [-0.39, 0.29) is 56.3 Å². The molecule has 2 aromatic heterocycles. The second-order valence-corrected chi connectivity index (χ2v) is 12.4. The number of furan rings is 1. The molecule has 0 amide bonds. The minimum absolute atomic E-state index is 0. The number of nitrogens with zero attached hydrogens (tertiary/aromatic N) is 1. The number of aromatic nitrogens is 1. The first kappa shape index (κ1) is 37.3. The summed E-state index contributed by atoms with van der Waals surface area (Å²) in [7, 11) is 0. The summed E-state index contributed by atoms with van der Waals surface area (Å²) in [5.74, 6) is -1.29. The number of alkyl halides is 2. The first-order valence-corrected chi connectivity index (χ1v) is 16.2. The van der Waals surface area contributed by atoms with Crippen molar-refractivity contribution in [2.45, 2.75) is 99.3 Å². The van der Waals surface area contributed by atoms with Gasteiger partial charge in [0.25, 0.3) is 5.92 Å². The number of aliphatic hydroxyl groups excluding tert-OH is 1. The fourth-order valence-electron chi connectivity index (χ4n) is 6.27. The number of allylic oxidation sites excluding steroid dienone is 2. The van der Waals surface area contributed by atoms with Gasteiger partial charge < -0.3 is 14.5 Å². The Balaban J connectivity index is 0.000000309. The van der Waals surface area contributed by atoms with Crippen LogP contribution < -0.4 is 0 Å². The molecule has 46 heavy (non-hydrogen) atoms. The van der Waals surface area contributed by atoms with Gasteiger partial charge >= 0.3 is 0 Å². The first-order valence-electron chi connectivity index (χ1n) is 16.2. The average Bonchev–Trinajstić information content (AvgIpc) is 3.34. The Morgan fingerprint density at radius 3 is 2.30 bits per heavy atom. The molecule has 249 valence electrons. The number of carbonyl (C=O) groups excluding carboxylic acids is 1. The smallest absolute Gasteiger partial charge is 0.252 e. The molecule has 0 spiro atoms. The average molecular weight is 807 g/mol. The van der Waals surface area contributed by atoms with E-state index in [4.69, 9.17) is 4.42 Å². The normalized spacial score (nSPS) is 14.1. The predicted octanol–water partition coefficient (Wildman–Crippen LogP) is 10.9. The van der Waals surface area contributed by atoms with Gasteiger partial charge in [-0.25, -0.2) is 8.78 Å². The summed E-state index contributed by atoms with van der Waals surface area (Å²) in [6, 6.07) is 15.2. The molecule has 0 atom stereocenters. The molecule has 2 heterocycles. The van der Waals surface area contributed by atoms with E-state index >= 15 is 0 Å². The third kappa shape index (κ3) is 8.60. The third-order valence-electron chi connectivity index (χ3n) is 9.02. The Bertz CT molecular complexity index is 1660. The van der Waals surface area contributed by atoms with Crippen molar-refractivity contribution in [2.75, 3.05) is 0 Å². The van der Waals surface area contributed by atoms with Crippen molar-refractivity contribution in [3.05, 3.63) is 88.3 Å². The molecule has 5 rings (SSSR count). The molecule has 0 fully saturated rings. The summed E-state index contributed by atoms with van der Waals surface area (Å²) < 4.78 is 33.8. The number of ketones is 1. The summed E-state index contributed by atoms with van der Waals surface area (Å²) in [4.78, 5) is 16.3. The fourth-order valence-corrected chi connectivity index (χ4v) is 6.27. The first-order chi connectivity index (χ1) is 21.4. The van der Waals surface area contributed by atoms with E-state index in [2.05, 4.69) is 30.1 Å². The Hall–Kier alpha value is -3.15. The van der Waals surface area contributed by atoms with Crippen molar-refractivity contribution in [1.29, 1.82) is 0 Å². The van der Waals surface area contributed by atoms with Crippen LogP contribution in [0.1, 0.15) is 87.6 Å². The van der Waals surface area contributed by atoms with Crippen LogP contribution in [0.25, 0.3) is 33.6 Å². The summed E-state index contributed by atoms with van der Waals surface area (Å²) in [5.41, 5.74) is 8.28. The Morgan fingerprint density at radius 1 is 1.00 bits per heavy atom. The minimum atomic E-state index is -2.60. The van der Waals surface area contributed by atoms with E-state index in [0.717, 1.165) is 87.1 Å². The number of halogens is 2. The number of pyridine rings is 1. The van der Waals surface area contributed by atoms with E-state index in [0.29, 0.717) is 6.42 Å². The van der Waals surface area contributed by atoms with Gasteiger partial charge in [-0.15, -0.1) is 34.9 Å². The van der Waals surface area contributed by atoms with E-state index in [1.165, 1.54) is 6.08 Å². The molecule has 1 N–H and O–H groups in total. The monoisotopic (exact) mass is 807 g/mol. The van der Waals surface area contributed by atoms with Crippen molar-refractivity contribution in [3.63, 3.8) is 0 Å². The van der Waals surface area contributed by atoms with Gasteiger partial charge in [0.2, 0.25) is 0 Å². The SMILES string of the molecule is CCC(CC)C(=O)/C=C(\O)C(CC)CC.Cc1[c-]c(-c2nccc3c(C)c(-c4ccc5c(c4)CCC(F)(F)C5)oc23)cc(C)c1.[Ir]. The quantitative estimate of drug-likeness (QED) is 0.104. The molecular formula is C39H46F2IrNO3-. The molecule has 2 aromatic carbocycles. The molecule has 1 radical (unpaired) electrons. The Labute approximate surface area is 286 Å². The van der Waals surface area contributed by atoms with Gasteiger partial charge in [0, 0.05) is 79.3 Å². The van der Waals surface area contributed by atoms with Gasteiger partial charge in [-0.3, -0.25) is 4.79 Å². The maximum atomic E-state index is 13.7. The molecule has 0 saturated carbocycles. The maximum Gasteiger partial charge on any atom is 0.252 e. The van der Waals surface area contributed by atoms with Gasteiger partial charge in [-0.2, -0.15) is 0 Å². The van der Waals surface area contributed by atoms with Gasteiger partial charge in [-0.05, 0) is 62.3 Å². The largest absolute Gasteiger partial charge is 0.512 e. The number of carbonyl (C=O) groups is 1. The van der Waals surface area contributed by atoms with Crippen molar-refractivity contribution >= 4 is 16.8 Å². The van der Waals surface area contributed by atoms with Crippen LogP contribution >= 0.6 is 0 Å². The van der Waals surface area contributed by atoms with Crippen LogP contribution in [-0.4, -0.2) is 21.8 Å². The van der Waals surface area contributed by atoms with Crippen LogP contribution in [0.15, 0.2) is 58.8 Å². The van der Waals surface area contributed by atoms with E-state index in [1.54, 1.807) is 6.20 Å². The number of benzene rings is 2. The zero-order chi connectivity index (χ0) is 32.9. The van der Waals surface area contributed by atoms with Crippen molar-refractivity contribution in [2.24, 2.45) is 11.8 Å². The predicted molar refractivity (Wildman–Crippen MR) is 179 cm³/mol. The summed E-state index contributed by atoms with van der Waals surface area (Å²) in [6.45, 7) is 14.2. The summed E-state index contributed by atoms with van der Waals surface area (Å²) in [5, 5.41) is 10.8. The van der Waals surface area contributed by atoms with Crippen molar-refractivity contribution in [1.82, 2.24) is 4.98 Å². The van der Waals surface area contributed by atoms with Crippen LogP contribution in [0.2, 0.25) is 0 Å². The van der Waals surface area contributed by atoms with Crippen LogP contribution in [0.5, 0.6) is 0 Å². The van der Waals surface area contributed by atoms with Crippen molar-refractivity contribution < 1.29 is 43.2 Å². The number of hydrogen-bond acceptors (Lipinski definition) is 4. The molecule has 4 aromatic rings. The molecule has 1 aliphatic rings. The molecule has 4 nitrogen and oxygen atoms in total. The van der Waals surface area contributed by atoms with E-state index in [1.807, 2.05) is 65.8 Å². The number of aryl methyl sites for hydroxylation is 4. The number of hydrogen-bond donors (Lipinski definition) is 1. The van der Waals surface area contributed by atoms with Crippen LogP contribution in [0, 0.1) is 38.7 Å².